The van der Waals surface area contributed by atoms with Gasteiger partial charge in [0.2, 0.25) is 0 Å². The van der Waals surface area contributed by atoms with Crippen LogP contribution in [0.15, 0.2) is 53.6 Å². The van der Waals surface area contributed by atoms with Crippen LogP contribution in [0.4, 0.5) is 0 Å². The van der Waals surface area contributed by atoms with E-state index in [9.17, 15) is 0 Å². The number of aliphatic imine (C=N–C) groups is 1. The molecule has 2 rings (SSSR count). The fourth-order valence-electron chi connectivity index (χ4n) is 3.14. The van der Waals surface area contributed by atoms with E-state index in [1.165, 1.54) is 17.0 Å². The van der Waals surface area contributed by atoms with E-state index in [-0.39, 0.29) is 0 Å². The Labute approximate surface area is 164 Å². The number of methoxy groups -OCH3 is 1. The summed E-state index contributed by atoms with van der Waals surface area (Å²) in [5, 5.41) is 1.41. The molecule has 144 valence electrons. The molecule has 3 heteroatoms. The second-order valence-corrected chi connectivity index (χ2v) is 8.57. The lowest BCUT2D eigenvalue weighted by Crippen LogP contribution is -2.08. The zero-order valence-electron chi connectivity index (χ0n) is 16.7. The zero-order chi connectivity index (χ0) is 18.8. The van der Waals surface area contributed by atoms with E-state index >= 15 is 0 Å². The van der Waals surface area contributed by atoms with Crippen molar-refractivity contribution in [2.75, 3.05) is 12.9 Å². The summed E-state index contributed by atoms with van der Waals surface area (Å²) in [6, 6.07) is 0.415. The maximum absolute atomic E-state index is 5.45. The fraction of sp³-hybridized carbons (Fsp3) is 0.609. The topological polar surface area (TPSA) is 21.6 Å². The molecular weight excluding hydrogens is 338 g/mol. The number of rotatable bonds is 12. The number of hydrogen-bond acceptors (Lipinski definition) is 3. The summed E-state index contributed by atoms with van der Waals surface area (Å²) < 4.78 is 5.45. The third kappa shape index (κ3) is 7.67. The van der Waals surface area contributed by atoms with Gasteiger partial charge in [-0.05, 0) is 51.4 Å². The van der Waals surface area contributed by atoms with E-state index in [1.54, 1.807) is 7.11 Å². The Balaban J connectivity index is 1.58. The fourth-order valence-corrected chi connectivity index (χ4v) is 4.42. The van der Waals surface area contributed by atoms with Crippen molar-refractivity contribution in [3.63, 3.8) is 0 Å². The average Bonchev–Trinajstić information content (AvgIpc) is 3.18. The molecule has 0 amide bonds. The van der Waals surface area contributed by atoms with Gasteiger partial charge in [0, 0.05) is 18.8 Å². The van der Waals surface area contributed by atoms with Gasteiger partial charge in [0.1, 0.15) is 0 Å². The van der Waals surface area contributed by atoms with Gasteiger partial charge in [-0.2, -0.15) is 0 Å². The first-order chi connectivity index (χ1) is 12.6. The lowest BCUT2D eigenvalue weighted by Gasteiger charge is -2.12. The molecule has 0 spiro atoms. The van der Waals surface area contributed by atoms with Gasteiger partial charge < -0.3 is 4.74 Å². The molecule has 2 aliphatic rings. The molecule has 1 saturated carbocycles. The van der Waals surface area contributed by atoms with Crippen LogP contribution < -0.4 is 0 Å². The Morgan fingerprint density at radius 2 is 2.15 bits per heavy atom. The van der Waals surface area contributed by atoms with Gasteiger partial charge >= 0.3 is 0 Å². The van der Waals surface area contributed by atoms with Gasteiger partial charge in [0.05, 0.1) is 17.2 Å². The van der Waals surface area contributed by atoms with Crippen molar-refractivity contribution in [2.45, 2.75) is 64.5 Å². The molecule has 4 atom stereocenters. The number of nitrogens with zero attached hydrogens (tertiary/aromatic N) is 1. The van der Waals surface area contributed by atoms with Gasteiger partial charge in [-0.1, -0.05) is 49.0 Å². The third-order valence-corrected chi connectivity index (χ3v) is 6.33. The first-order valence-corrected chi connectivity index (χ1v) is 11.0. The molecule has 0 bridgehead atoms. The van der Waals surface area contributed by atoms with Gasteiger partial charge in [-0.3, -0.25) is 4.99 Å². The normalized spacial score (nSPS) is 27.3. The Kier molecular flexibility index (Phi) is 9.49. The predicted octanol–water partition coefficient (Wildman–Crippen LogP) is 6.37. The van der Waals surface area contributed by atoms with Crippen LogP contribution in [-0.4, -0.2) is 30.1 Å². The molecule has 0 aromatic heterocycles. The number of allylic oxidation sites excluding steroid dienone is 5. The number of thioether (sulfide) groups is 1. The summed E-state index contributed by atoms with van der Waals surface area (Å²) in [6.07, 6.45) is 20.1. The second kappa shape index (κ2) is 11.6. The Morgan fingerprint density at radius 1 is 1.38 bits per heavy atom. The second-order valence-electron chi connectivity index (χ2n) is 7.53. The molecule has 1 heterocycles. The largest absolute Gasteiger partial charge is 0.381 e. The molecule has 0 radical (unpaired) electrons. The highest BCUT2D eigenvalue weighted by atomic mass is 32.2. The summed E-state index contributed by atoms with van der Waals surface area (Å²) >= 11 is 1.97. The van der Waals surface area contributed by atoms with E-state index in [2.05, 4.69) is 50.8 Å². The van der Waals surface area contributed by atoms with Crippen molar-refractivity contribution in [3.05, 3.63) is 48.6 Å². The molecule has 0 aromatic carbocycles. The standard InChI is InChI=1S/C23H35NOS/c1-5-11-21(25-4)15-14-18(2)12-9-7-6-8-10-13-20-17-26-23(24-20)22-16-19(22)3/h5,7,9-10,12-13,19-22H,1,6,8,11,14-17H2,2-4H3/b9-7+,13-10-,18-12+/t19-,20-,21-,22-/m0/s1. The number of ether oxygens (including phenoxy) is 1. The first kappa shape index (κ1) is 21.2. The number of unbranched alkanes of at least 4 members (excludes halogenated alkanes) is 1. The molecule has 2 nitrogen and oxygen atoms in total. The van der Waals surface area contributed by atoms with Crippen molar-refractivity contribution in [3.8, 4) is 0 Å². The summed E-state index contributed by atoms with van der Waals surface area (Å²) in [5.74, 6) is 2.79. The molecule has 1 aliphatic heterocycles. The highest BCUT2D eigenvalue weighted by Crippen LogP contribution is 2.44. The average molecular weight is 374 g/mol. The highest BCUT2D eigenvalue weighted by molar-refractivity contribution is 8.14. The minimum Gasteiger partial charge on any atom is -0.381 e. The van der Waals surface area contributed by atoms with Crippen LogP contribution in [-0.2, 0) is 4.74 Å². The van der Waals surface area contributed by atoms with Crippen LogP contribution in [0.3, 0.4) is 0 Å². The summed E-state index contributed by atoms with van der Waals surface area (Å²) in [6.45, 7) is 8.31. The van der Waals surface area contributed by atoms with Crippen LogP contribution >= 0.6 is 11.8 Å². The summed E-state index contributed by atoms with van der Waals surface area (Å²) in [4.78, 5) is 4.86. The van der Waals surface area contributed by atoms with Gasteiger partial charge in [0.25, 0.3) is 0 Å². The zero-order valence-corrected chi connectivity index (χ0v) is 17.5. The molecule has 1 aliphatic carbocycles. The molecule has 1 fully saturated rings. The summed E-state index contributed by atoms with van der Waals surface area (Å²) in [7, 11) is 1.78. The lowest BCUT2D eigenvalue weighted by molar-refractivity contribution is 0.0981. The molecule has 0 N–H and O–H groups in total. The highest BCUT2D eigenvalue weighted by Gasteiger charge is 2.39. The monoisotopic (exact) mass is 373 g/mol. The lowest BCUT2D eigenvalue weighted by atomic mass is 10.1. The summed E-state index contributed by atoms with van der Waals surface area (Å²) in [5.41, 5.74) is 1.40. The minimum absolute atomic E-state index is 0.296. The molecule has 26 heavy (non-hydrogen) atoms. The number of hydrogen-bond donors (Lipinski definition) is 0. The molecular formula is C23H35NOS. The van der Waals surface area contributed by atoms with E-state index < -0.39 is 0 Å². The minimum atomic E-state index is 0.296. The van der Waals surface area contributed by atoms with E-state index in [4.69, 9.17) is 9.73 Å². The van der Waals surface area contributed by atoms with Crippen molar-refractivity contribution in [1.29, 1.82) is 0 Å². The van der Waals surface area contributed by atoms with Gasteiger partial charge in [-0.25, -0.2) is 0 Å². The smallest absolute Gasteiger partial charge is 0.0783 e. The Morgan fingerprint density at radius 3 is 2.85 bits per heavy atom. The van der Waals surface area contributed by atoms with E-state index in [1.807, 2.05) is 17.8 Å². The maximum Gasteiger partial charge on any atom is 0.0783 e. The SMILES string of the molecule is C=CC[C@@H](CC/C(C)=C/C=C/CC/C=C\[C@H]1CSC([C@H]2C[C@@H]2C)=N1)OC. The third-order valence-electron chi connectivity index (χ3n) is 5.12. The van der Waals surface area contributed by atoms with Crippen LogP contribution in [0.2, 0.25) is 0 Å². The van der Waals surface area contributed by atoms with Crippen molar-refractivity contribution >= 4 is 16.8 Å². The van der Waals surface area contributed by atoms with Crippen LogP contribution in [0.25, 0.3) is 0 Å². The van der Waals surface area contributed by atoms with Crippen LogP contribution in [0.5, 0.6) is 0 Å². The predicted molar refractivity (Wildman–Crippen MR) is 117 cm³/mol. The first-order valence-electron chi connectivity index (χ1n) is 9.97. The van der Waals surface area contributed by atoms with Crippen LogP contribution in [0.1, 0.15) is 52.4 Å². The van der Waals surface area contributed by atoms with E-state index in [0.717, 1.165) is 49.7 Å². The molecule has 0 saturated heterocycles. The van der Waals surface area contributed by atoms with Gasteiger partial charge in [0.15, 0.2) is 0 Å². The maximum atomic E-state index is 5.45. The van der Waals surface area contributed by atoms with Crippen molar-refractivity contribution < 1.29 is 4.74 Å². The molecule has 0 aromatic rings. The Hall–Kier alpha value is -1.06. The van der Waals surface area contributed by atoms with Crippen molar-refractivity contribution in [2.24, 2.45) is 16.8 Å². The van der Waals surface area contributed by atoms with Crippen LogP contribution in [0, 0.1) is 11.8 Å². The van der Waals surface area contributed by atoms with E-state index in [0.29, 0.717) is 12.1 Å². The Bertz CT molecular complexity index is 561. The molecule has 0 unspecified atom stereocenters. The van der Waals surface area contributed by atoms with Crippen molar-refractivity contribution in [1.82, 2.24) is 0 Å². The van der Waals surface area contributed by atoms with Gasteiger partial charge in [-0.15, -0.1) is 18.3 Å². The quantitative estimate of drug-likeness (QED) is 0.225.